The number of benzene rings is 6. The van der Waals surface area contributed by atoms with E-state index in [4.69, 9.17) is 0 Å². The lowest BCUT2D eigenvalue weighted by Crippen LogP contribution is -2.05. The van der Waals surface area contributed by atoms with Gasteiger partial charge in [0.1, 0.15) is 17.4 Å². The molecule has 1 N–H and O–H groups in total. The largest absolute Gasteiger partial charge is 0.508 e. The highest BCUT2D eigenvalue weighted by atomic mass is 19.1. The van der Waals surface area contributed by atoms with Gasteiger partial charge in [-0.3, -0.25) is 14.4 Å². The number of phenolic OH excluding ortho intramolecular Hbond substituents is 1. The number of aromatic hydroxyl groups is 1. The van der Waals surface area contributed by atoms with Gasteiger partial charge < -0.3 is 5.11 Å². The number of phenols is 1. The van der Waals surface area contributed by atoms with Crippen LogP contribution in [0.3, 0.4) is 0 Å². The van der Waals surface area contributed by atoms with Crippen LogP contribution in [0.4, 0.5) is 8.78 Å². The van der Waals surface area contributed by atoms with Crippen LogP contribution in [-0.4, -0.2) is 22.5 Å². The fourth-order valence-electron chi connectivity index (χ4n) is 5.08. The highest BCUT2D eigenvalue weighted by molar-refractivity contribution is 6.14. The first-order chi connectivity index (χ1) is 21.8. The molecule has 0 aromatic heterocycles. The number of rotatable bonds is 8. The van der Waals surface area contributed by atoms with Gasteiger partial charge in [-0.05, 0) is 101 Å². The van der Waals surface area contributed by atoms with E-state index in [9.17, 15) is 28.3 Å². The molecule has 6 heteroatoms. The van der Waals surface area contributed by atoms with Crippen molar-refractivity contribution in [3.63, 3.8) is 0 Å². The van der Waals surface area contributed by atoms with Gasteiger partial charge in [0.15, 0.2) is 17.3 Å². The number of halogens is 2. The van der Waals surface area contributed by atoms with Gasteiger partial charge >= 0.3 is 0 Å². The van der Waals surface area contributed by atoms with Crippen molar-refractivity contribution in [3.05, 3.63) is 185 Å². The zero-order valence-electron chi connectivity index (χ0n) is 23.7. The summed E-state index contributed by atoms with van der Waals surface area (Å²) in [7, 11) is 0. The van der Waals surface area contributed by atoms with Crippen molar-refractivity contribution in [2.45, 2.75) is 0 Å². The van der Waals surface area contributed by atoms with E-state index in [-0.39, 0.29) is 23.1 Å². The molecule has 45 heavy (non-hydrogen) atoms. The molecule has 0 saturated heterocycles. The minimum atomic E-state index is -0.425. The van der Waals surface area contributed by atoms with Crippen LogP contribution >= 0.6 is 0 Å². The van der Waals surface area contributed by atoms with Crippen LogP contribution in [-0.2, 0) is 0 Å². The van der Waals surface area contributed by atoms with Crippen LogP contribution < -0.4 is 0 Å². The Kier molecular flexibility index (Phi) is 7.95. The van der Waals surface area contributed by atoms with Gasteiger partial charge in [0, 0.05) is 33.4 Å². The highest BCUT2D eigenvalue weighted by Crippen LogP contribution is 2.32. The van der Waals surface area contributed by atoms with Gasteiger partial charge in [0.05, 0.1) is 0 Å². The topological polar surface area (TPSA) is 71.4 Å². The van der Waals surface area contributed by atoms with E-state index in [1.807, 2.05) is 12.1 Å². The first-order valence-electron chi connectivity index (χ1n) is 14.1. The average Bonchev–Trinajstić information content (AvgIpc) is 3.08. The summed E-state index contributed by atoms with van der Waals surface area (Å²) in [4.78, 5) is 39.6. The molecule has 218 valence electrons. The van der Waals surface area contributed by atoms with E-state index in [2.05, 4.69) is 0 Å². The Bertz CT molecular complexity index is 2030. The zero-order chi connectivity index (χ0) is 31.5. The predicted molar refractivity (Wildman–Crippen MR) is 169 cm³/mol. The SMILES string of the molecule is O=C(c1ccc(F)cc1)c1ccc(-c2ccc(-c3ccc(C(=O)c4ccc(F)cc4)cc3)c(C(=O)c3ccc(O)cc3)c2)cc1. The molecule has 4 nitrogen and oxygen atoms in total. The Morgan fingerprint density at radius 2 is 0.756 bits per heavy atom. The standard InChI is InChI=1S/C39H24F2O4/c40-32-16-9-28(10-17-32)37(43)26-5-1-24(2-6-26)31-15-22-35(36(23-31)39(45)30-13-20-34(42)21-14-30)25-3-7-27(8-4-25)38(44)29-11-18-33(41)19-12-29/h1-23,42H. The van der Waals surface area contributed by atoms with Crippen molar-refractivity contribution < 1.29 is 28.3 Å². The summed E-state index contributed by atoms with van der Waals surface area (Å²) in [5.74, 6) is -1.55. The maximum absolute atomic E-state index is 13.8. The number of carbonyl (C=O) groups excluding carboxylic acids is 3. The molecule has 0 heterocycles. The summed E-state index contributed by atoms with van der Waals surface area (Å²) in [6.07, 6.45) is 0. The molecule has 0 spiro atoms. The Morgan fingerprint density at radius 1 is 0.400 bits per heavy atom. The van der Waals surface area contributed by atoms with Gasteiger partial charge in [-0.1, -0.05) is 60.7 Å². The second-order valence-electron chi connectivity index (χ2n) is 10.5. The quantitative estimate of drug-likeness (QED) is 0.179. The summed E-state index contributed by atoms with van der Waals surface area (Å²) in [6, 6.07) is 36.0. The molecule has 6 aromatic carbocycles. The van der Waals surface area contributed by atoms with Crippen LogP contribution in [0.1, 0.15) is 47.8 Å². The number of hydrogen-bond acceptors (Lipinski definition) is 4. The summed E-state index contributed by atoms with van der Waals surface area (Å²) in [5.41, 5.74) is 5.25. The minimum Gasteiger partial charge on any atom is -0.508 e. The van der Waals surface area contributed by atoms with Gasteiger partial charge in [-0.2, -0.15) is 0 Å². The molecule has 0 radical (unpaired) electrons. The first-order valence-corrected chi connectivity index (χ1v) is 14.1. The second kappa shape index (κ2) is 12.3. The second-order valence-corrected chi connectivity index (χ2v) is 10.5. The molecule has 6 rings (SSSR count). The highest BCUT2D eigenvalue weighted by Gasteiger charge is 2.18. The molecule has 0 bridgehead atoms. The minimum absolute atomic E-state index is 0.0391. The lowest BCUT2D eigenvalue weighted by atomic mass is 9.89. The molecule has 0 saturated carbocycles. The number of carbonyl (C=O) groups is 3. The Balaban J connectivity index is 1.35. The van der Waals surface area contributed by atoms with Crippen molar-refractivity contribution in [2.24, 2.45) is 0 Å². The van der Waals surface area contributed by atoms with Gasteiger partial charge in [0.25, 0.3) is 0 Å². The van der Waals surface area contributed by atoms with Crippen molar-refractivity contribution >= 4 is 17.3 Å². The van der Waals surface area contributed by atoms with Gasteiger partial charge in [0.2, 0.25) is 0 Å². The van der Waals surface area contributed by atoms with E-state index >= 15 is 0 Å². The average molecular weight is 595 g/mol. The lowest BCUT2D eigenvalue weighted by molar-refractivity contribution is 0.103. The Labute approximate surface area is 257 Å². The van der Waals surface area contributed by atoms with E-state index in [1.165, 1.54) is 60.7 Å². The molecule has 0 amide bonds. The molecule has 0 aliphatic heterocycles. The first kappa shape index (κ1) is 29.1. The van der Waals surface area contributed by atoms with Crippen LogP contribution in [0.2, 0.25) is 0 Å². The summed E-state index contributed by atoms with van der Waals surface area (Å²) in [5, 5.41) is 9.75. The molecule has 0 aliphatic carbocycles. The van der Waals surface area contributed by atoms with E-state index in [0.717, 1.165) is 11.1 Å². The third kappa shape index (κ3) is 6.21. The molecule has 0 aliphatic rings. The van der Waals surface area contributed by atoms with Crippen LogP contribution in [0.25, 0.3) is 22.3 Å². The van der Waals surface area contributed by atoms with Crippen molar-refractivity contribution in [3.8, 4) is 28.0 Å². The maximum Gasteiger partial charge on any atom is 0.193 e. The third-order valence-corrected chi connectivity index (χ3v) is 7.55. The van der Waals surface area contributed by atoms with E-state index in [0.29, 0.717) is 44.5 Å². The maximum atomic E-state index is 13.8. The summed E-state index contributed by atoms with van der Waals surface area (Å²) >= 11 is 0. The number of ketones is 3. The third-order valence-electron chi connectivity index (χ3n) is 7.55. The van der Waals surface area contributed by atoms with Gasteiger partial charge in [-0.15, -0.1) is 0 Å². The molecule has 0 atom stereocenters. The molecular weight excluding hydrogens is 570 g/mol. The molecule has 0 fully saturated rings. The Hall–Kier alpha value is -6.01. The van der Waals surface area contributed by atoms with Crippen LogP contribution in [0, 0.1) is 11.6 Å². The molecule has 6 aromatic rings. The van der Waals surface area contributed by atoms with Crippen LogP contribution in [0.15, 0.2) is 140 Å². The molecule has 0 unspecified atom stereocenters. The smallest absolute Gasteiger partial charge is 0.193 e. The van der Waals surface area contributed by atoms with Crippen molar-refractivity contribution in [2.75, 3.05) is 0 Å². The summed E-state index contributed by atoms with van der Waals surface area (Å²) in [6.45, 7) is 0. The fourth-order valence-corrected chi connectivity index (χ4v) is 5.08. The fraction of sp³-hybridized carbons (Fsp3) is 0. The van der Waals surface area contributed by atoms with Gasteiger partial charge in [-0.25, -0.2) is 8.78 Å². The number of hydrogen-bond donors (Lipinski definition) is 1. The van der Waals surface area contributed by atoms with Crippen molar-refractivity contribution in [1.82, 2.24) is 0 Å². The monoisotopic (exact) mass is 594 g/mol. The van der Waals surface area contributed by atoms with Crippen molar-refractivity contribution in [1.29, 1.82) is 0 Å². The predicted octanol–water partition coefficient (Wildman–Crippen LogP) is 8.70. The van der Waals surface area contributed by atoms with Crippen LogP contribution in [0.5, 0.6) is 5.75 Å². The molecular formula is C39H24F2O4. The van der Waals surface area contributed by atoms with E-state index in [1.54, 1.807) is 66.7 Å². The normalized spacial score (nSPS) is 10.8. The summed E-state index contributed by atoms with van der Waals surface area (Å²) < 4.78 is 26.6. The van der Waals surface area contributed by atoms with E-state index < -0.39 is 11.6 Å². The zero-order valence-corrected chi connectivity index (χ0v) is 23.7. The lowest BCUT2D eigenvalue weighted by Gasteiger charge is -2.13. The Morgan fingerprint density at radius 3 is 1.22 bits per heavy atom.